The number of aromatic nitrogens is 4. The van der Waals surface area contributed by atoms with Crippen molar-refractivity contribution in [2.75, 3.05) is 32.1 Å². The monoisotopic (exact) mass is 484 g/mol. The maximum absolute atomic E-state index is 6.31. The molecule has 0 saturated heterocycles. The maximum Gasteiger partial charge on any atom is 0.144 e. The Kier molecular flexibility index (Phi) is 6.43. The number of rotatable bonds is 5. The van der Waals surface area contributed by atoms with Crippen LogP contribution >= 0.6 is 0 Å². The van der Waals surface area contributed by atoms with Gasteiger partial charge in [-0.3, -0.25) is 0 Å². The van der Waals surface area contributed by atoms with Crippen LogP contribution in [0.5, 0.6) is 5.75 Å². The molecule has 2 aromatic carbocycles. The summed E-state index contributed by atoms with van der Waals surface area (Å²) in [6.07, 6.45) is 0. The molecule has 0 saturated carbocycles. The van der Waals surface area contributed by atoms with Crippen LogP contribution in [0.3, 0.4) is 0 Å². The number of benzene rings is 2. The molecule has 0 spiro atoms. The number of ether oxygens (including phenoxy) is 1. The maximum atomic E-state index is 6.31. The molecule has 0 bridgehead atoms. The minimum atomic E-state index is 0.328. The van der Waals surface area contributed by atoms with Gasteiger partial charge in [-0.1, -0.05) is 19.9 Å². The zero-order valence-electron chi connectivity index (χ0n) is 22.4. The van der Waals surface area contributed by atoms with Gasteiger partial charge >= 0.3 is 0 Å². The molecule has 3 heterocycles. The highest BCUT2D eigenvalue weighted by atomic mass is 16.5. The first-order valence-electron chi connectivity index (χ1n) is 12.7. The summed E-state index contributed by atoms with van der Waals surface area (Å²) in [5.41, 5.74) is 9.02. The van der Waals surface area contributed by atoms with Crippen LogP contribution < -0.4 is 9.64 Å². The number of H-pyrrole nitrogens is 1. The van der Waals surface area contributed by atoms with Crippen LogP contribution in [0.4, 0.5) is 5.82 Å². The first-order valence-corrected chi connectivity index (χ1v) is 12.7. The van der Waals surface area contributed by atoms with Crippen LogP contribution in [0.15, 0.2) is 30.3 Å². The van der Waals surface area contributed by atoms with Gasteiger partial charge in [0.2, 0.25) is 0 Å². The zero-order valence-corrected chi connectivity index (χ0v) is 22.4. The fourth-order valence-corrected chi connectivity index (χ4v) is 5.27. The Hall–Kier alpha value is -3.45. The largest absolute Gasteiger partial charge is 0.491 e. The molecule has 0 fully saturated rings. The van der Waals surface area contributed by atoms with Gasteiger partial charge in [0.25, 0.3) is 0 Å². The summed E-state index contributed by atoms with van der Waals surface area (Å²) in [6, 6.07) is 10.9. The second kappa shape index (κ2) is 9.54. The number of fused-ring (bicyclic) bond motifs is 2. The van der Waals surface area contributed by atoms with E-state index in [4.69, 9.17) is 14.7 Å². The van der Waals surface area contributed by atoms with Crippen molar-refractivity contribution in [1.82, 2.24) is 24.8 Å². The number of aryl methyl sites for hydroxylation is 3. The minimum Gasteiger partial charge on any atom is -0.491 e. The van der Waals surface area contributed by atoms with Crippen LogP contribution in [-0.4, -0.2) is 52.1 Å². The number of imidazole rings is 1. The number of hydrogen-bond acceptors (Lipinski definition) is 6. The van der Waals surface area contributed by atoms with Crippen LogP contribution in [0.1, 0.15) is 53.8 Å². The molecule has 1 aliphatic heterocycles. The van der Waals surface area contributed by atoms with E-state index in [1.165, 1.54) is 22.3 Å². The smallest absolute Gasteiger partial charge is 0.144 e. The molecule has 7 heteroatoms. The lowest BCUT2D eigenvalue weighted by atomic mass is 9.98. The highest BCUT2D eigenvalue weighted by molar-refractivity contribution is 5.82. The van der Waals surface area contributed by atoms with Gasteiger partial charge in [0.1, 0.15) is 29.8 Å². The van der Waals surface area contributed by atoms with Gasteiger partial charge < -0.3 is 19.5 Å². The van der Waals surface area contributed by atoms with Crippen molar-refractivity contribution >= 4 is 16.9 Å². The molecule has 0 aliphatic carbocycles. The lowest BCUT2D eigenvalue weighted by Crippen LogP contribution is -2.29. The summed E-state index contributed by atoms with van der Waals surface area (Å²) in [7, 11) is 4.11. The average Bonchev–Trinajstić information content (AvgIpc) is 3.03. The summed E-state index contributed by atoms with van der Waals surface area (Å²) >= 11 is 0. The normalized spacial score (nSPS) is 13.9. The lowest BCUT2D eigenvalue weighted by molar-refractivity contribution is 0.329. The van der Waals surface area contributed by atoms with Crippen molar-refractivity contribution in [1.29, 1.82) is 0 Å². The molecule has 188 valence electrons. The van der Waals surface area contributed by atoms with E-state index in [0.29, 0.717) is 19.1 Å². The predicted octanol–water partition coefficient (Wildman–Crippen LogP) is 5.53. The van der Waals surface area contributed by atoms with Crippen LogP contribution in [0, 0.1) is 20.8 Å². The van der Waals surface area contributed by atoms with E-state index in [1.807, 2.05) is 6.92 Å². The van der Waals surface area contributed by atoms with Gasteiger partial charge in [-0.25, -0.2) is 15.0 Å². The number of anilines is 1. The van der Waals surface area contributed by atoms with Crippen LogP contribution in [-0.2, 0) is 13.1 Å². The topological polar surface area (TPSA) is 70.2 Å². The van der Waals surface area contributed by atoms with E-state index in [9.17, 15) is 0 Å². The third-order valence-corrected chi connectivity index (χ3v) is 6.75. The standard InChI is InChI=1S/C29H36N6O/c1-17(2)27-19(4)30-26(16-34(6)7)33-29(27)35-10-11-36-28-18(3)12-22(13-23(28)15-35)21-8-9-24-25(14-21)32-20(5)31-24/h8-9,12-14,17H,10-11,15-16H2,1-7H3,(H,31,32). The van der Waals surface area contributed by atoms with Gasteiger partial charge in [-0.15, -0.1) is 0 Å². The molecular weight excluding hydrogens is 448 g/mol. The molecule has 0 amide bonds. The second-order valence-electron chi connectivity index (χ2n) is 10.5. The fourth-order valence-electron chi connectivity index (χ4n) is 5.27. The Labute approximate surface area is 213 Å². The van der Waals surface area contributed by atoms with Gasteiger partial charge in [0.15, 0.2) is 0 Å². The summed E-state index contributed by atoms with van der Waals surface area (Å²) in [6.45, 7) is 13.5. The van der Waals surface area contributed by atoms with Crippen molar-refractivity contribution in [2.45, 2.75) is 53.6 Å². The SMILES string of the molecule is Cc1nc2ccc(-c3cc(C)c4c(c3)CN(c3nc(CN(C)C)nc(C)c3C(C)C)CCO4)cc2[nH]1. The third-order valence-electron chi connectivity index (χ3n) is 6.75. The van der Waals surface area contributed by atoms with Gasteiger partial charge in [0, 0.05) is 23.4 Å². The predicted molar refractivity (Wildman–Crippen MR) is 146 cm³/mol. The van der Waals surface area contributed by atoms with Gasteiger partial charge in [-0.2, -0.15) is 0 Å². The van der Waals surface area contributed by atoms with E-state index in [0.717, 1.165) is 58.6 Å². The molecule has 0 atom stereocenters. The van der Waals surface area contributed by atoms with Crippen molar-refractivity contribution in [3.8, 4) is 16.9 Å². The van der Waals surface area contributed by atoms with E-state index < -0.39 is 0 Å². The minimum absolute atomic E-state index is 0.328. The van der Waals surface area contributed by atoms with Gasteiger partial charge in [0.05, 0.1) is 24.1 Å². The summed E-state index contributed by atoms with van der Waals surface area (Å²) in [5.74, 6) is 4.14. The van der Waals surface area contributed by atoms with Crippen molar-refractivity contribution in [3.63, 3.8) is 0 Å². The molecule has 36 heavy (non-hydrogen) atoms. The Bertz CT molecular complexity index is 1420. The van der Waals surface area contributed by atoms with Crippen LogP contribution in [0.2, 0.25) is 0 Å². The molecule has 0 unspecified atom stereocenters. The lowest BCUT2D eigenvalue weighted by Gasteiger charge is -2.27. The van der Waals surface area contributed by atoms with Crippen molar-refractivity contribution in [2.24, 2.45) is 0 Å². The molecule has 7 nitrogen and oxygen atoms in total. The second-order valence-corrected chi connectivity index (χ2v) is 10.5. The van der Waals surface area contributed by atoms with E-state index >= 15 is 0 Å². The van der Waals surface area contributed by atoms with Crippen molar-refractivity contribution in [3.05, 3.63) is 64.4 Å². The Morgan fingerprint density at radius 2 is 1.83 bits per heavy atom. The summed E-state index contributed by atoms with van der Waals surface area (Å²) in [5, 5.41) is 0. The van der Waals surface area contributed by atoms with E-state index in [-0.39, 0.29) is 0 Å². The molecule has 1 N–H and O–H groups in total. The van der Waals surface area contributed by atoms with Crippen molar-refractivity contribution < 1.29 is 4.74 Å². The molecular formula is C29H36N6O. The van der Waals surface area contributed by atoms with E-state index in [1.54, 1.807) is 0 Å². The molecule has 0 radical (unpaired) electrons. The quantitative estimate of drug-likeness (QED) is 0.402. The number of aromatic amines is 1. The highest BCUT2D eigenvalue weighted by Crippen LogP contribution is 2.36. The number of hydrogen-bond donors (Lipinski definition) is 1. The Morgan fingerprint density at radius 1 is 1.03 bits per heavy atom. The Balaban J connectivity index is 1.57. The average molecular weight is 485 g/mol. The molecule has 1 aliphatic rings. The zero-order chi connectivity index (χ0) is 25.6. The number of nitrogens with zero attached hydrogens (tertiary/aromatic N) is 5. The first kappa shape index (κ1) is 24.3. The highest BCUT2D eigenvalue weighted by Gasteiger charge is 2.24. The van der Waals surface area contributed by atoms with E-state index in [2.05, 4.69) is 91.9 Å². The summed E-state index contributed by atoms with van der Waals surface area (Å²) in [4.78, 5) is 22.3. The molecule has 2 aromatic heterocycles. The molecule has 5 rings (SSSR count). The van der Waals surface area contributed by atoms with Crippen LogP contribution in [0.25, 0.3) is 22.2 Å². The Morgan fingerprint density at radius 3 is 2.58 bits per heavy atom. The third kappa shape index (κ3) is 4.67. The number of nitrogens with one attached hydrogen (secondary N) is 1. The fraction of sp³-hybridized carbons (Fsp3) is 0.414. The summed E-state index contributed by atoms with van der Waals surface area (Å²) < 4.78 is 6.31. The molecule has 4 aromatic rings. The van der Waals surface area contributed by atoms with Gasteiger partial charge in [-0.05, 0) is 81.7 Å². The first-order chi connectivity index (χ1) is 17.2.